The fourth-order valence-electron chi connectivity index (χ4n) is 1.93. The highest BCUT2D eigenvalue weighted by Gasteiger charge is 2.21. The quantitative estimate of drug-likeness (QED) is 0.765. The summed E-state index contributed by atoms with van der Waals surface area (Å²) >= 11 is 0. The van der Waals surface area contributed by atoms with E-state index >= 15 is 0 Å². The van der Waals surface area contributed by atoms with Gasteiger partial charge in [0.25, 0.3) is 5.91 Å². The maximum atomic E-state index is 11.8. The Bertz CT molecular complexity index is 515. The number of carboxylic acid groups (broad SMARTS) is 1. The molecule has 0 aliphatic carbocycles. The lowest BCUT2D eigenvalue weighted by molar-refractivity contribution is -0.142. The minimum atomic E-state index is -1.03. The number of carbonyl (C=O) groups excluding carboxylic acids is 1. The van der Waals surface area contributed by atoms with Crippen molar-refractivity contribution >= 4 is 17.6 Å². The lowest BCUT2D eigenvalue weighted by Crippen LogP contribution is -2.43. The number of amides is 1. The normalized spacial score (nSPS) is 11.9. The number of hydrogen-bond donors (Lipinski definition) is 2. The molecule has 1 atom stereocenters. The summed E-state index contributed by atoms with van der Waals surface area (Å²) in [4.78, 5) is 24.9. The second-order valence-corrected chi connectivity index (χ2v) is 5.77. The predicted molar refractivity (Wildman–Crippen MR) is 85.3 cm³/mol. The van der Waals surface area contributed by atoms with E-state index in [-0.39, 0.29) is 12.5 Å². The Morgan fingerprint density at radius 1 is 1.32 bits per heavy atom. The number of aliphatic carboxylic acids is 1. The lowest BCUT2D eigenvalue weighted by Gasteiger charge is -2.17. The number of anilines is 1. The zero-order valence-electron chi connectivity index (χ0n) is 13.5. The molecule has 1 aromatic rings. The SMILES string of the molecule is CC(C)CC(NC(=O)COc1cccc(N(C)C)c1)C(=O)O. The van der Waals surface area contributed by atoms with E-state index in [2.05, 4.69) is 5.32 Å². The number of ether oxygens (including phenoxy) is 1. The van der Waals surface area contributed by atoms with Crippen molar-refractivity contribution in [3.05, 3.63) is 24.3 Å². The average Bonchev–Trinajstić information content (AvgIpc) is 2.44. The molecule has 22 heavy (non-hydrogen) atoms. The number of hydrogen-bond acceptors (Lipinski definition) is 4. The Hall–Kier alpha value is -2.24. The van der Waals surface area contributed by atoms with Crippen LogP contribution in [0.1, 0.15) is 20.3 Å². The van der Waals surface area contributed by atoms with Crippen LogP contribution < -0.4 is 15.0 Å². The molecule has 0 fully saturated rings. The molecule has 0 bridgehead atoms. The third-order valence-electron chi connectivity index (χ3n) is 3.04. The Morgan fingerprint density at radius 3 is 2.55 bits per heavy atom. The molecular formula is C16H24N2O4. The zero-order chi connectivity index (χ0) is 16.7. The maximum absolute atomic E-state index is 11.8. The fourth-order valence-corrected chi connectivity index (χ4v) is 1.93. The van der Waals surface area contributed by atoms with Gasteiger partial charge in [0.05, 0.1) is 0 Å². The molecule has 0 heterocycles. The van der Waals surface area contributed by atoms with Crippen molar-refractivity contribution in [2.45, 2.75) is 26.3 Å². The molecule has 1 aromatic carbocycles. The fraction of sp³-hybridized carbons (Fsp3) is 0.500. The van der Waals surface area contributed by atoms with Gasteiger partial charge >= 0.3 is 5.97 Å². The van der Waals surface area contributed by atoms with Gasteiger partial charge in [0, 0.05) is 25.8 Å². The van der Waals surface area contributed by atoms with Gasteiger partial charge in [-0.2, -0.15) is 0 Å². The summed E-state index contributed by atoms with van der Waals surface area (Å²) in [6, 6.07) is 6.44. The van der Waals surface area contributed by atoms with Gasteiger partial charge < -0.3 is 20.1 Å². The van der Waals surface area contributed by atoms with Crippen LogP contribution in [0.15, 0.2) is 24.3 Å². The molecule has 122 valence electrons. The second kappa shape index (κ2) is 8.26. The van der Waals surface area contributed by atoms with Crippen LogP contribution in [0.5, 0.6) is 5.75 Å². The number of rotatable bonds is 8. The van der Waals surface area contributed by atoms with Gasteiger partial charge in [0.1, 0.15) is 11.8 Å². The molecule has 6 nitrogen and oxygen atoms in total. The smallest absolute Gasteiger partial charge is 0.326 e. The largest absolute Gasteiger partial charge is 0.484 e. The van der Waals surface area contributed by atoms with E-state index in [1.807, 2.05) is 51.0 Å². The topological polar surface area (TPSA) is 78.9 Å². The molecule has 1 amide bonds. The van der Waals surface area contributed by atoms with E-state index < -0.39 is 17.9 Å². The Labute approximate surface area is 131 Å². The van der Waals surface area contributed by atoms with E-state index in [1.165, 1.54) is 0 Å². The summed E-state index contributed by atoms with van der Waals surface area (Å²) in [5.74, 6) is -0.726. The van der Waals surface area contributed by atoms with Gasteiger partial charge in [-0.15, -0.1) is 0 Å². The average molecular weight is 308 g/mol. The lowest BCUT2D eigenvalue weighted by atomic mass is 10.0. The molecule has 0 radical (unpaired) electrons. The van der Waals surface area contributed by atoms with Gasteiger partial charge in [-0.3, -0.25) is 4.79 Å². The van der Waals surface area contributed by atoms with Crippen LogP contribution in [0.25, 0.3) is 0 Å². The zero-order valence-corrected chi connectivity index (χ0v) is 13.5. The summed E-state index contributed by atoms with van der Waals surface area (Å²) < 4.78 is 5.41. The van der Waals surface area contributed by atoms with Crippen molar-refractivity contribution in [3.8, 4) is 5.75 Å². The first-order valence-corrected chi connectivity index (χ1v) is 7.22. The number of carboxylic acids is 1. The summed E-state index contributed by atoms with van der Waals surface area (Å²) in [5.41, 5.74) is 0.959. The van der Waals surface area contributed by atoms with Crippen LogP contribution in [0, 0.1) is 5.92 Å². The highest BCUT2D eigenvalue weighted by Crippen LogP contribution is 2.19. The number of benzene rings is 1. The molecule has 1 unspecified atom stereocenters. The molecule has 2 N–H and O–H groups in total. The van der Waals surface area contributed by atoms with E-state index in [9.17, 15) is 9.59 Å². The van der Waals surface area contributed by atoms with Crippen LogP contribution in [-0.2, 0) is 9.59 Å². The molecule has 6 heteroatoms. The molecule has 1 rings (SSSR count). The first-order valence-electron chi connectivity index (χ1n) is 7.22. The first-order chi connectivity index (χ1) is 10.3. The second-order valence-electron chi connectivity index (χ2n) is 5.77. The third kappa shape index (κ3) is 6.03. The minimum Gasteiger partial charge on any atom is -0.484 e. The van der Waals surface area contributed by atoms with E-state index in [0.29, 0.717) is 12.2 Å². The van der Waals surface area contributed by atoms with Crippen molar-refractivity contribution in [2.75, 3.05) is 25.6 Å². The minimum absolute atomic E-state index is 0.180. The summed E-state index contributed by atoms with van der Waals surface area (Å²) in [5, 5.41) is 11.6. The molecule has 0 saturated carbocycles. The molecule has 0 aromatic heterocycles. The van der Waals surface area contributed by atoms with Crippen molar-refractivity contribution in [1.82, 2.24) is 5.32 Å². The molecule has 0 aliphatic rings. The molecule has 0 aliphatic heterocycles. The number of carbonyl (C=O) groups is 2. The van der Waals surface area contributed by atoms with Gasteiger partial charge in [0.2, 0.25) is 0 Å². The molecule has 0 spiro atoms. The van der Waals surface area contributed by atoms with E-state index in [0.717, 1.165) is 5.69 Å². The van der Waals surface area contributed by atoms with Gasteiger partial charge in [-0.05, 0) is 24.5 Å². The van der Waals surface area contributed by atoms with Crippen molar-refractivity contribution in [1.29, 1.82) is 0 Å². The molecular weight excluding hydrogens is 284 g/mol. The highest BCUT2D eigenvalue weighted by atomic mass is 16.5. The standard InChI is InChI=1S/C16H24N2O4/c1-11(2)8-14(16(20)21)17-15(19)10-22-13-7-5-6-12(9-13)18(3)4/h5-7,9,11,14H,8,10H2,1-4H3,(H,17,19)(H,20,21). The predicted octanol–water partition coefficient (Wildman–Crippen LogP) is 1.75. The molecule has 0 saturated heterocycles. The summed E-state index contributed by atoms with van der Waals surface area (Å²) in [6.07, 6.45) is 0.386. The van der Waals surface area contributed by atoms with Crippen molar-refractivity contribution in [2.24, 2.45) is 5.92 Å². The Kier molecular flexibility index (Phi) is 6.69. The van der Waals surface area contributed by atoms with Crippen LogP contribution in [0.2, 0.25) is 0 Å². The first kappa shape index (κ1) is 17.8. The van der Waals surface area contributed by atoms with Crippen LogP contribution in [-0.4, -0.2) is 43.7 Å². The van der Waals surface area contributed by atoms with E-state index in [4.69, 9.17) is 9.84 Å². The van der Waals surface area contributed by atoms with Gasteiger partial charge in [0.15, 0.2) is 6.61 Å². The Morgan fingerprint density at radius 2 is 2.00 bits per heavy atom. The monoisotopic (exact) mass is 308 g/mol. The van der Waals surface area contributed by atoms with Crippen molar-refractivity contribution < 1.29 is 19.4 Å². The van der Waals surface area contributed by atoms with E-state index in [1.54, 1.807) is 6.07 Å². The maximum Gasteiger partial charge on any atom is 0.326 e. The van der Waals surface area contributed by atoms with Gasteiger partial charge in [-0.25, -0.2) is 4.79 Å². The van der Waals surface area contributed by atoms with Crippen LogP contribution in [0.4, 0.5) is 5.69 Å². The van der Waals surface area contributed by atoms with Crippen LogP contribution >= 0.6 is 0 Å². The summed E-state index contributed by atoms with van der Waals surface area (Å²) in [7, 11) is 3.82. The van der Waals surface area contributed by atoms with Gasteiger partial charge in [-0.1, -0.05) is 19.9 Å². The number of nitrogens with zero attached hydrogens (tertiary/aromatic N) is 1. The number of nitrogens with one attached hydrogen (secondary N) is 1. The summed E-state index contributed by atoms with van der Waals surface area (Å²) in [6.45, 7) is 3.61. The van der Waals surface area contributed by atoms with Crippen LogP contribution in [0.3, 0.4) is 0 Å². The third-order valence-corrected chi connectivity index (χ3v) is 3.04. The highest BCUT2D eigenvalue weighted by molar-refractivity contribution is 5.84. The van der Waals surface area contributed by atoms with Crippen molar-refractivity contribution in [3.63, 3.8) is 0 Å². The Balaban J connectivity index is 2.54.